The highest BCUT2D eigenvalue weighted by atomic mass is 32.2. The van der Waals surface area contributed by atoms with Gasteiger partial charge in [-0.3, -0.25) is 4.79 Å². The summed E-state index contributed by atoms with van der Waals surface area (Å²) in [5, 5.41) is 2.76. The molecule has 130 valence electrons. The third-order valence-corrected chi connectivity index (χ3v) is 4.86. The van der Waals surface area contributed by atoms with Crippen molar-refractivity contribution < 1.29 is 13.2 Å². The first-order valence-corrected chi connectivity index (χ1v) is 9.37. The lowest BCUT2D eigenvalue weighted by atomic mass is 9.87. The summed E-state index contributed by atoms with van der Waals surface area (Å²) in [6.07, 6.45) is 0.131. The van der Waals surface area contributed by atoms with Crippen molar-refractivity contribution in [3.63, 3.8) is 0 Å². The molecule has 2 N–H and O–H groups in total. The van der Waals surface area contributed by atoms with Crippen LogP contribution >= 0.6 is 0 Å². The highest BCUT2D eigenvalue weighted by Gasteiger charge is 2.17. The molecule has 0 aromatic heterocycles. The molecule has 0 saturated heterocycles. The molecule has 1 aromatic rings. The summed E-state index contributed by atoms with van der Waals surface area (Å²) < 4.78 is 26.9. The normalized spacial score (nSPS) is 12.4. The van der Waals surface area contributed by atoms with E-state index >= 15 is 0 Å². The number of hydrogen-bond donors (Lipinski definition) is 2. The monoisotopic (exact) mass is 340 g/mol. The first kappa shape index (κ1) is 19.6. The Hall–Kier alpha value is -1.40. The van der Waals surface area contributed by atoms with Gasteiger partial charge in [-0.15, -0.1) is 0 Å². The first-order valence-electron chi connectivity index (χ1n) is 7.89. The maximum absolute atomic E-state index is 12.2. The maximum Gasteiger partial charge on any atom is 0.240 e. The zero-order chi connectivity index (χ0) is 17.7. The zero-order valence-corrected chi connectivity index (χ0v) is 15.5. The molecule has 1 aromatic carbocycles. The average Bonchev–Trinajstić information content (AvgIpc) is 2.44. The summed E-state index contributed by atoms with van der Waals surface area (Å²) in [5.74, 6) is 0.224. The van der Waals surface area contributed by atoms with Crippen LogP contribution in [0.5, 0.6) is 0 Å². The van der Waals surface area contributed by atoms with Crippen LogP contribution in [0.15, 0.2) is 29.2 Å². The fourth-order valence-electron chi connectivity index (χ4n) is 1.92. The number of rotatable bonds is 7. The number of nitrogens with one attached hydrogen (secondary N) is 2. The molecule has 6 heteroatoms. The number of amides is 1. The Bertz CT molecular complexity index is 614. The molecule has 5 nitrogen and oxygen atoms in total. The van der Waals surface area contributed by atoms with E-state index in [0.29, 0.717) is 12.5 Å². The second-order valence-corrected chi connectivity index (χ2v) is 8.89. The molecule has 0 fully saturated rings. The summed E-state index contributed by atoms with van der Waals surface area (Å²) >= 11 is 0. The van der Waals surface area contributed by atoms with Crippen LogP contribution in [-0.2, 0) is 20.2 Å². The van der Waals surface area contributed by atoms with Gasteiger partial charge in [0, 0.05) is 19.5 Å². The van der Waals surface area contributed by atoms with Crippen LogP contribution < -0.4 is 10.0 Å². The largest absolute Gasteiger partial charge is 0.356 e. The van der Waals surface area contributed by atoms with Crippen LogP contribution in [0.3, 0.4) is 0 Å². The van der Waals surface area contributed by atoms with Crippen molar-refractivity contribution in [1.82, 2.24) is 10.0 Å². The van der Waals surface area contributed by atoms with Crippen LogP contribution in [0.2, 0.25) is 0 Å². The van der Waals surface area contributed by atoms with Gasteiger partial charge in [0.1, 0.15) is 0 Å². The molecule has 0 atom stereocenters. The van der Waals surface area contributed by atoms with Gasteiger partial charge in [0.2, 0.25) is 15.9 Å². The fourth-order valence-corrected chi connectivity index (χ4v) is 2.95. The molecule has 0 aliphatic rings. The standard InChI is InChI=1S/C17H28N2O3S/c1-13(2)12-18-16(20)10-11-19-23(21,22)15-8-6-14(7-9-15)17(3,4)5/h6-9,13,19H,10-12H2,1-5H3,(H,18,20). The van der Waals surface area contributed by atoms with Gasteiger partial charge in [-0.1, -0.05) is 46.8 Å². The fraction of sp³-hybridized carbons (Fsp3) is 0.588. The molecule has 0 bridgehead atoms. The molecule has 1 amide bonds. The lowest BCUT2D eigenvalue weighted by molar-refractivity contribution is -0.121. The lowest BCUT2D eigenvalue weighted by Crippen LogP contribution is -2.32. The number of hydrogen-bond acceptors (Lipinski definition) is 3. The summed E-state index contributed by atoms with van der Waals surface area (Å²) in [6, 6.07) is 6.84. The van der Waals surface area contributed by atoms with Gasteiger partial charge in [-0.2, -0.15) is 0 Å². The van der Waals surface area contributed by atoms with E-state index in [9.17, 15) is 13.2 Å². The van der Waals surface area contributed by atoms with E-state index in [2.05, 4.69) is 30.8 Å². The Kier molecular flexibility index (Phi) is 6.77. The van der Waals surface area contributed by atoms with Gasteiger partial charge in [-0.25, -0.2) is 13.1 Å². The third-order valence-electron chi connectivity index (χ3n) is 3.38. The Morgan fingerprint density at radius 2 is 1.70 bits per heavy atom. The number of carbonyl (C=O) groups excluding carboxylic acids is 1. The molecule has 0 unspecified atom stereocenters. The molecule has 23 heavy (non-hydrogen) atoms. The molecule has 0 spiro atoms. The van der Waals surface area contributed by atoms with E-state index in [1.54, 1.807) is 12.1 Å². The molecule has 0 radical (unpaired) electrons. The minimum atomic E-state index is -3.58. The number of carbonyl (C=O) groups is 1. The zero-order valence-electron chi connectivity index (χ0n) is 14.6. The third kappa shape index (κ3) is 6.71. The smallest absolute Gasteiger partial charge is 0.240 e. The van der Waals surface area contributed by atoms with Crippen molar-refractivity contribution in [3.8, 4) is 0 Å². The quantitative estimate of drug-likeness (QED) is 0.800. The highest BCUT2D eigenvalue weighted by Crippen LogP contribution is 2.23. The van der Waals surface area contributed by atoms with Crippen molar-refractivity contribution in [2.45, 2.75) is 51.3 Å². The van der Waals surface area contributed by atoms with Crippen molar-refractivity contribution >= 4 is 15.9 Å². The van der Waals surface area contributed by atoms with E-state index in [-0.39, 0.29) is 29.2 Å². The van der Waals surface area contributed by atoms with E-state index < -0.39 is 10.0 Å². The summed E-state index contributed by atoms with van der Waals surface area (Å²) in [5.41, 5.74) is 1.05. The second kappa shape index (κ2) is 7.93. The molecule has 0 aliphatic carbocycles. The number of benzene rings is 1. The molecule has 1 rings (SSSR count). The SMILES string of the molecule is CC(C)CNC(=O)CCNS(=O)(=O)c1ccc(C(C)(C)C)cc1. The van der Waals surface area contributed by atoms with Crippen molar-refractivity contribution in [2.24, 2.45) is 5.92 Å². The lowest BCUT2D eigenvalue weighted by Gasteiger charge is -2.19. The van der Waals surface area contributed by atoms with Crippen LogP contribution in [0.25, 0.3) is 0 Å². The Balaban J connectivity index is 2.58. The van der Waals surface area contributed by atoms with Crippen molar-refractivity contribution in [2.75, 3.05) is 13.1 Å². The van der Waals surface area contributed by atoms with Gasteiger partial charge in [0.05, 0.1) is 4.90 Å². The first-order chi connectivity index (χ1) is 10.5. The highest BCUT2D eigenvalue weighted by molar-refractivity contribution is 7.89. The van der Waals surface area contributed by atoms with E-state index in [1.807, 2.05) is 26.0 Å². The van der Waals surface area contributed by atoms with Gasteiger partial charge in [-0.05, 0) is 29.0 Å². The topological polar surface area (TPSA) is 75.3 Å². The van der Waals surface area contributed by atoms with Crippen molar-refractivity contribution in [1.29, 1.82) is 0 Å². The predicted molar refractivity (Wildman–Crippen MR) is 92.8 cm³/mol. The summed E-state index contributed by atoms with van der Waals surface area (Å²) in [7, 11) is -3.58. The van der Waals surface area contributed by atoms with Gasteiger partial charge < -0.3 is 5.32 Å². The Morgan fingerprint density at radius 3 is 2.17 bits per heavy atom. The molecule has 0 saturated carbocycles. The summed E-state index contributed by atoms with van der Waals surface area (Å²) in [6.45, 7) is 10.9. The Labute approximate surface area is 139 Å². The van der Waals surface area contributed by atoms with Gasteiger partial charge in [0.15, 0.2) is 0 Å². The molecular formula is C17H28N2O3S. The van der Waals surface area contributed by atoms with E-state index in [1.165, 1.54) is 0 Å². The predicted octanol–water partition coefficient (Wildman–Crippen LogP) is 2.42. The van der Waals surface area contributed by atoms with Gasteiger partial charge in [0.25, 0.3) is 0 Å². The second-order valence-electron chi connectivity index (χ2n) is 7.12. The van der Waals surface area contributed by atoms with Crippen LogP contribution in [-0.4, -0.2) is 27.4 Å². The van der Waals surface area contributed by atoms with Crippen LogP contribution in [0, 0.1) is 5.92 Å². The van der Waals surface area contributed by atoms with E-state index in [4.69, 9.17) is 0 Å². The van der Waals surface area contributed by atoms with Crippen LogP contribution in [0.1, 0.15) is 46.6 Å². The average molecular weight is 340 g/mol. The van der Waals surface area contributed by atoms with E-state index in [0.717, 1.165) is 5.56 Å². The summed E-state index contributed by atoms with van der Waals surface area (Å²) in [4.78, 5) is 11.8. The minimum absolute atomic E-state index is 0.0236. The number of sulfonamides is 1. The Morgan fingerprint density at radius 1 is 1.13 bits per heavy atom. The van der Waals surface area contributed by atoms with Gasteiger partial charge >= 0.3 is 0 Å². The van der Waals surface area contributed by atoms with Crippen molar-refractivity contribution in [3.05, 3.63) is 29.8 Å². The molecule has 0 heterocycles. The van der Waals surface area contributed by atoms with Crippen LogP contribution in [0.4, 0.5) is 0 Å². The molecular weight excluding hydrogens is 312 g/mol. The minimum Gasteiger partial charge on any atom is -0.356 e. The molecule has 0 aliphatic heterocycles. The maximum atomic E-state index is 12.2.